The molecule has 94 valence electrons. The largest absolute Gasteiger partial charge is 0.481 e. The van der Waals surface area contributed by atoms with Crippen molar-refractivity contribution in [2.24, 2.45) is 11.8 Å². The molecule has 6 nitrogen and oxygen atoms in total. The molecule has 0 spiro atoms. The predicted octanol–water partition coefficient (Wildman–Crippen LogP) is -0.556. The zero-order valence-corrected chi connectivity index (χ0v) is 9.68. The molecule has 3 atom stereocenters. The van der Waals surface area contributed by atoms with Crippen molar-refractivity contribution in [3.8, 4) is 0 Å². The van der Waals surface area contributed by atoms with Gasteiger partial charge in [0.1, 0.15) is 6.04 Å². The van der Waals surface area contributed by atoms with Crippen molar-refractivity contribution in [3.63, 3.8) is 0 Å². The van der Waals surface area contributed by atoms with Crippen LogP contribution in [0.4, 0.5) is 0 Å². The maximum atomic E-state index is 12.0. The molecule has 0 aromatic heterocycles. The van der Waals surface area contributed by atoms with Crippen LogP contribution in [0.25, 0.3) is 0 Å². The van der Waals surface area contributed by atoms with Gasteiger partial charge in [0.15, 0.2) is 0 Å². The number of hydrogen-bond acceptors (Lipinski definition) is 3. The molecule has 0 aromatic carbocycles. The standard InChI is InChI=1S/C11H16N2O4/c1-6-4-13(5-7(6)11(16)17)10(15)8-2-3-9(14)12-8/h6-8H,2-5H2,1H3,(H,12,14)(H,16,17). The average molecular weight is 240 g/mol. The molecule has 0 bridgehead atoms. The summed E-state index contributed by atoms with van der Waals surface area (Å²) in [7, 11) is 0. The van der Waals surface area contributed by atoms with Crippen LogP contribution in [0, 0.1) is 11.8 Å². The van der Waals surface area contributed by atoms with Crippen LogP contribution in [0.15, 0.2) is 0 Å². The number of hydrogen-bond donors (Lipinski definition) is 2. The third-order valence-electron chi connectivity index (χ3n) is 3.53. The van der Waals surface area contributed by atoms with Crippen LogP contribution < -0.4 is 5.32 Å². The minimum atomic E-state index is -0.858. The first kappa shape index (κ1) is 11.9. The lowest BCUT2D eigenvalue weighted by atomic mass is 9.99. The molecule has 0 aliphatic carbocycles. The molecule has 2 saturated heterocycles. The van der Waals surface area contributed by atoms with Crippen molar-refractivity contribution in [1.29, 1.82) is 0 Å². The average Bonchev–Trinajstić information content (AvgIpc) is 2.83. The summed E-state index contributed by atoms with van der Waals surface area (Å²) in [5.74, 6) is -1.63. The van der Waals surface area contributed by atoms with E-state index in [9.17, 15) is 14.4 Å². The fourth-order valence-corrected chi connectivity index (χ4v) is 2.49. The van der Waals surface area contributed by atoms with Crippen LogP contribution in [-0.2, 0) is 14.4 Å². The molecule has 2 amide bonds. The summed E-state index contributed by atoms with van der Waals surface area (Å²) in [4.78, 5) is 35.6. The zero-order chi connectivity index (χ0) is 12.6. The summed E-state index contributed by atoms with van der Waals surface area (Å²) in [6, 6.07) is -0.456. The maximum absolute atomic E-state index is 12.0. The molecule has 2 heterocycles. The molecule has 2 rings (SSSR count). The molecule has 0 radical (unpaired) electrons. The van der Waals surface area contributed by atoms with Gasteiger partial charge in [-0.05, 0) is 12.3 Å². The molecule has 2 fully saturated rings. The topological polar surface area (TPSA) is 86.7 Å². The van der Waals surface area contributed by atoms with Crippen molar-refractivity contribution >= 4 is 17.8 Å². The van der Waals surface area contributed by atoms with E-state index in [-0.39, 0.29) is 24.3 Å². The van der Waals surface area contributed by atoms with Crippen molar-refractivity contribution in [2.75, 3.05) is 13.1 Å². The highest BCUT2D eigenvalue weighted by Crippen LogP contribution is 2.24. The van der Waals surface area contributed by atoms with Gasteiger partial charge in [-0.25, -0.2) is 0 Å². The molecule has 3 unspecified atom stereocenters. The number of aliphatic carboxylic acids is 1. The van der Waals surface area contributed by atoms with Gasteiger partial charge in [0.25, 0.3) is 0 Å². The van der Waals surface area contributed by atoms with Crippen LogP contribution in [0.1, 0.15) is 19.8 Å². The quantitative estimate of drug-likeness (QED) is 0.677. The Bertz CT molecular complexity index is 368. The van der Waals surface area contributed by atoms with Gasteiger partial charge in [0, 0.05) is 19.5 Å². The van der Waals surface area contributed by atoms with Crippen molar-refractivity contribution in [2.45, 2.75) is 25.8 Å². The Labute approximate surface area is 99.0 Å². The Morgan fingerprint density at radius 3 is 2.59 bits per heavy atom. The highest BCUT2D eigenvalue weighted by atomic mass is 16.4. The first-order valence-corrected chi connectivity index (χ1v) is 5.80. The number of carboxylic acids is 1. The fraction of sp³-hybridized carbons (Fsp3) is 0.727. The van der Waals surface area contributed by atoms with Gasteiger partial charge >= 0.3 is 5.97 Å². The fourth-order valence-electron chi connectivity index (χ4n) is 2.49. The molecule has 6 heteroatoms. The second kappa shape index (κ2) is 4.35. The van der Waals surface area contributed by atoms with E-state index in [1.807, 2.05) is 6.92 Å². The first-order chi connectivity index (χ1) is 7.99. The smallest absolute Gasteiger partial charge is 0.308 e. The second-order valence-corrected chi connectivity index (χ2v) is 4.82. The monoisotopic (exact) mass is 240 g/mol. The Hall–Kier alpha value is -1.59. The third kappa shape index (κ3) is 2.25. The lowest BCUT2D eigenvalue weighted by Crippen LogP contribution is -2.43. The van der Waals surface area contributed by atoms with Crippen molar-refractivity contribution < 1.29 is 19.5 Å². The van der Waals surface area contributed by atoms with Crippen LogP contribution in [0.3, 0.4) is 0 Å². The molecule has 0 saturated carbocycles. The van der Waals surface area contributed by atoms with E-state index in [0.717, 1.165) is 0 Å². The molecule has 2 N–H and O–H groups in total. The number of likely N-dealkylation sites (tertiary alicyclic amines) is 1. The second-order valence-electron chi connectivity index (χ2n) is 4.82. The van der Waals surface area contributed by atoms with Crippen LogP contribution in [-0.4, -0.2) is 46.9 Å². The summed E-state index contributed by atoms with van der Waals surface area (Å²) >= 11 is 0. The molecule has 0 aromatic rings. The predicted molar refractivity (Wildman–Crippen MR) is 58.0 cm³/mol. The highest BCUT2D eigenvalue weighted by Gasteiger charge is 2.40. The van der Waals surface area contributed by atoms with Gasteiger partial charge in [-0.3, -0.25) is 14.4 Å². The Kier molecular flexibility index (Phi) is 3.04. The minimum absolute atomic E-state index is 0.0337. The lowest BCUT2D eigenvalue weighted by molar-refractivity contribution is -0.142. The molecular formula is C11H16N2O4. The third-order valence-corrected chi connectivity index (χ3v) is 3.53. The van der Waals surface area contributed by atoms with Crippen molar-refractivity contribution in [1.82, 2.24) is 10.2 Å². The van der Waals surface area contributed by atoms with Gasteiger partial charge in [0.2, 0.25) is 11.8 Å². The maximum Gasteiger partial charge on any atom is 0.308 e. The van der Waals surface area contributed by atoms with Crippen LogP contribution in [0.5, 0.6) is 0 Å². The number of rotatable bonds is 2. The summed E-state index contributed by atoms with van der Waals surface area (Å²) in [6.45, 7) is 2.54. The lowest BCUT2D eigenvalue weighted by Gasteiger charge is -2.20. The minimum Gasteiger partial charge on any atom is -0.481 e. The van der Waals surface area contributed by atoms with Gasteiger partial charge in [-0.2, -0.15) is 0 Å². The Morgan fingerprint density at radius 1 is 1.41 bits per heavy atom. The molecule has 17 heavy (non-hydrogen) atoms. The van der Waals surface area contributed by atoms with Crippen molar-refractivity contribution in [3.05, 3.63) is 0 Å². The van der Waals surface area contributed by atoms with E-state index in [1.54, 1.807) is 4.90 Å². The van der Waals surface area contributed by atoms with Crippen LogP contribution >= 0.6 is 0 Å². The Morgan fingerprint density at radius 2 is 2.12 bits per heavy atom. The van der Waals surface area contributed by atoms with E-state index in [4.69, 9.17) is 5.11 Å². The van der Waals surface area contributed by atoms with E-state index in [0.29, 0.717) is 19.4 Å². The van der Waals surface area contributed by atoms with E-state index in [2.05, 4.69) is 5.32 Å². The number of carboxylic acid groups (broad SMARTS) is 1. The Balaban J connectivity index is 1.98. The number of nitrogens with one attached hydrogen (secondary N) is 1. The summed E-state index contributed by atoms with van der Waals surface area (Å²) < 4.78 is 0. The number of amides is 2. The summed E-state index contributed by atoms with van der Waals surface area (Å²) in [5.41, 5.74) is 0. The molecule has 2 aliphatic rings. The highest BCUT2D eigenvalue weighted by molar-refractivity contribution is 5.91. The number of carbonyl (C=O) groups excluding carboxylic acids is 2. The summed E-state index contributed by atoms with van der Waals surface area (Å²) in [6.07, 6.45) is 0.891. The van der Waals surface area contributed by atoms with E-state index >= 15 is 0 Å². The van der Waals surface area contributed by atoms with Crippen LogP contribution in [0.2, 0.25) is 0 Å². The van der Waals surface area contributed by atoms with Gasteiger partial charge < -0.3 is 15.3 Å². The van der Waals surface area contributed by atoms with E-state index < -0.39 is 17.9 Å². The SMILES string of the molecule is CC1CN(C(=O)C2CCC(=O)N2)CC1C(=O)O. The number of carbonyl (C=O) groups is 3. The van der Waals surface area contributed by atoms with Gasteiger partial charge in [-0.1, -0.05) is 6.92 Å². The summed E-state index contributed by atoms with van der Waals surface area (Å²) in [5, 5.41) is 11.6. The molecule has 2 aliphatic heterocycles. The van der Waals surface area contributed by atoms with Gasteiger partial charge in [-0.15, -0.1) is 0 Å². The van der Waals surface area contributed by atoms with E-state index in [1.165, 1.54) is 0 Å². The number of nitrogens with zero attached hydrogens (tertiary/aromatic N) is 1. The first-order valence-electron chi connectivity index (χ1n) is 5.80. The molecular weight excluding hydrogens is 224 g/mol. The normalized spacial score (nSPS) is 32.6. The van der Waals surface area contributed by atoms with Gasteiger partial charge in [0.05, 0.1) is 5.92 Å². The zero-order valence-electron chi connectivity index (χ0n) is 9.68.